The minimum atomic E-state index is -3.84. The van der Waals surface area contributed by atoms with Crippen LogP contribution in [0, 0.1) is 5.92 Å². The van der Waals surface area contributed by atoms with Gasteiger partial charge < -0.3 is 9.47 Å². The van der Waals surface area contributed by atoms with Gasteiger partial charge in [-0.3, -0.25) is 9.59 Å². The third-order valence-electron chi connectivity index (χ3n) is 2.55. The highest BCUT2D eigenvalue weighted by atomic mass is 32.2. The fourth-order valence-electron chi connectivity index (χ4n) is 1.32. The van der Waals surface area contributed by atoms with Crippen LogP contribution < -0.4 is 0 Å². The second-order valence-electron chi connectivity index (χ2n) is 3.92. The maximum absolute atomic E-state index is 12.0. The highest BCUT2D eigenvalue weighted by Crippen LogP contribution is 2.11. The molecule has 0 heterocycles. The molecule has 0 aliphatic heterocycles. The number of hydrogen-bond acceptors (Lipinski definition) is 6. The molecular formula is C10H19NO6S. The zero-order valence-corrected chi connectivity index (χ0v) is 12.0. The van der Waals surface area contributed by atoms with Crippen LogP contribution in [0.1, 0.15) is 13.8 Å². The van der Waals surface area contributed by atoms with Crippen molar-refractivity contribution in [3.63, 3.8) is 0 Å². The van der Waals surface area contributed by atoms with Gasteiger partial charge in [-0.1, -0.05) is 6.92 Å². The largest absolute Gasteiger partial charge is 0.469 e. The lowest BCUT2D eigenvalue weighted by molar-refractivity contribution is -0.145. The summed E-state index contributed by atoms with van der Waals surface area (Å²) in [6.07, 6.45) is 0. The van der Waals surface area contributed by atoms with Crippen LogP contribution in [0.2, 0.25) is 0 Å². The molecule has 106 valence electrons. The zero-order valence-electron chi connectivity index (χ0n) is 11.2. The van der Waals surface area contributed by atoms with Gasteiger partial charge in [0.2, 0.25) is 10.0 Å². The van der Waals surface area contributed by atoms with Gasteiger partial charge in [-0.05, 0) is 6.92 Å². The molecule has 8 heteroatoms. The third kappa shape index (κ3) is 3.95. The SMILES string of the molecule is COC(=O)C(C)CN(C)S(=O)(=O)C(C)C(=O)OC. The Bertz CT molecular complexity index is 405. The van der Waals surface area contributed by atoms with Crippen molar-refractivity contribution in [2.45, 2.75) is 19.1 Å². The Morgan fingerprint density at radius 3 is 1.94 bits per heavy atom. The highest BCUT2D eigenvalue weighted by molar-refractivity contribution is 7.90. The molecule has 0 saturated carbocycles. The molecule has 2 atom stereocenters. The molecule has 0 aliphatic carbocycles. The van der Waals surface area contributed by atoms with E-state index >= 15 is 0 Å². The van der Waals surface area contributed by atoms with Gasteiger partial charge in [-0.2, -0.15) is 0 Å². The van der Waals surface area contributed by atoms with E-state index in [-0.39, 0.29) is 6.54 Å². The summed E-state index contributed by atoms with van der Waals surface area (Å²) < 4.78 is 33.7. The first-order valence-electron chi connectivity index (χ1n) is 5.29. The lowest BCUT2D eigenvalue weighted by Gasteiger charge is -2.22. The molecule has 0 spiro atoms. The molecule has 0 fully saturated rings. The molecule has 0 bridgehead atoms. The lowest BCUT2D eigenvalue weighted by Crippen LogP contribution is -2.42. The van der Waals surface area contributed by atoms with Crippen molar-refractivity contribution in [1.29, 1.82) is 0 Å². The molecule has 0 N–H and O–H groups in total. The monoisotopic (exact) mass is 281 g/mol. The summed E-state index contributed by atoms with van der Waals surface area (Å²) in [6.45, 7) is 2.72. The summed E-state index contributed by atoms with van der Waals surface area (Å²) in [5.74, 6) is -1.96. The molecule has 0 saturated heterocycles. The average molecular weight is 281 g/mol. The highest BCUT2D eigenvalue weighted by Gasteiger charge is 2.34. The summed E-state index contributed by atoms with van der Waals surface area (Å²) >= 11 is 0. The van der Waals surface area contributed by atoms with E-state index in [1.807, 2.05) is 0 Å². The molecule has 0 radical (unpaired) electrons. The van der Waals surface area contributed by atoms with Gasteiger partial charge in [0.25, 0.3) is 0 Å². The Morgan fingerprint density at radius 2 is 1.56 bits per heavy atom. The molecule has 0 rings (SSSR count). The molecule has 0 aromatic rings. The van der Waals surface area contributed by atoms with Crippen molar-refractivity contribution in [2.24, 2.45) is 5.92 Å². The van der Waals surface area contributed by atoms with Crippen LogP contribution in [0.25, 0.3) is 0 Å². The average Bonchev–Trinajstić information content (AvgIpc) is 2.35. The maximum Gasteiger partial charge on any atom is 0.325 e. The molecule has 7 nitrogen and oxygen atoms in total. The molecule has 0 aromatic heterocycles. The van der Waals surface area contributed by atoms with Crippen molar-refractivity contribution in [3.8, 4) is 0 Å². The van der Waals surface area contributed by atoms with E-state index in [9.17, 15) is 18.0 Å². The van der Waals surface area contributed by atoms with E-state index in [1.165, 1.54) is 21.1 Å². The maximum atomic E-state index is 12.0. The quantitative estimate of drug-likeness (QED) is 0.616. The second kappa shape index (κ2) is 6.69. The zero-order chi connectivity index (χ0) is 14.5. The predicted octanol–water partition coefficient (Wildman–Crippen LogP) is -0.381. The van der Waals surface area contributed by atoms with Crippen molar-refractivity contribution in [2.75, 3.05) is 27.8 Å². The van der Waals surface area contributed by atoms with E-state index in [4.69, 9.17) is 0 Å². The number of hydrogen-bond donors (Lipinski definition) is 0. The Balaban J connectivity index is 4.82. The van der Waals surface area contributed by atoms with Gasteiger partial charge in [-0.25, -0.2) is 12.7 Å². The Hall–Kier alpha value is -1.15. The smallest absolute Gasteiger partial charge is 0.325 e. The molecule has 0 amide bonds. The number of rotatable bonds is 6. The predicted molar refractivity (Wildman–Crippen MR) is 64.2 cm³/mol. The number of methoxy groups -OCH3 is 2. The first-order valence-corrected chi connectivity index (χ1v) is 6.79. The van der Waals surface area contributed by atoms with Gasteiger partial charge in [0.05, 0.1) is 20.1 Å². The first kappa shape index (κ1) is 16.9. The number of sulfonamides is 1. The number of ether oxygens (including phenoxy) is 2. The second-order valence-corrected chi connectivity index (χ2v) is 6.28. The van der Waals surface area contributed by atoms with E-state index in [2.05, 4.69) is 9.47 Å². The van der Waals surface area contributed by atoms with Gasteiger partial charge >= 0.3 is 11.9 Å². The van der Waals surface area contributed by atoms with E-state index in [0.717, 1.165) is 11.4 Å². The van der Waals surface area contributed by atoms with Crippen LogP contribution in [0.4, 0.5) is 0 Å². The fourth-order valence-corrected chi connectivity index (χ4v) is 2.63. The van der Waals surface area contributed by atoms with Crippen molar-refractivity contribution >= 4 is 22.0 Å². The Labute approximate surface area is 107 Å². The topological polar surface area (TPSA) is 90.0 Å². The molecular weight excluding hydrogens is 262 g/mol. The van der Waals surface area contributed by atoms with Gasteiger partial charge in [0.1, 0.15) is 0 Å². The van der Waals surface area contributed by atoms with Crippen molar-refractivity contribution < 1.29 is 27.5 Å². The molecule has 2 unspecified atom stereocenters. The van der Waals surface area contributed by atoms with Gasteiger partial charge in [0.15, 0.2) is 5.25 Å². The Kier molecular flexibility index (Phi) is 6.27. The molecule has 0 aromatic carbocycles. The fraction of sp³-hybridized carbons (Fsp3) is 0.800. The van der Waals surface area contributed by atoms with Crippen LogP contribution in [0.15, 0.2) is 0 Å². The Morgan fingerprint density at radius 1 is 1.11 bits per heavy atom. The normalized spacial score (nSPS) is 15.0. The summed E-state index contributed by atoms with van der Waals surface area (Å²) in [5.41, 5.74) is 0. The minimum Gasteiger partial charge on any atom is -0.469 e. The molecule has 0 aliphatic rings. The van der Waals surface area contributed by atoms with Crippen LogP contribution in [-0.2, 0) is 29.1 Å². The molecule has 18 heavy (non-hydrogen) atoms. The minimum absolute atomic E-state index is 0.0592. The standard InChI is InChI=1S/C10H19NO6S/c1-7(9(12)16-4)6-11(3)18(14,15)8(2)10(13)17-5/h7-8H,6H2,1-5H3. The van der Waals surface area contributed by atoms with Crippen molar-refractivity contribution in [3.05, 3.63) is 0 Å². The van der Waals surface area contributed by atoms with E-state index < -0.39 is 33.1 Å². The van der Waals surface area contributed by atoms with E-state index in [0.29, 0.717) is 0 Å². The van der Waals surface area contributed by atoms with Crippen LogP contribution in [-0.4, -0.2) is 57.7 Å². The summed E-state index contributed by atoms with van der Waals surface area (Å²) in [6, 6.07) is 0. The number of esters is 2. The van der Waals surface area contributed by atoms with Crippen LogP contribution >= 0.6 is 0 Å². The van der Waals surface area contributed by atoms with Crippen LogP contribution in [0.5, 0.6) is 0 Å². The summed E-state index contributed by atoms with van der Waals surface area (Å²) in [5, 5.41) is -1.31. The third-order valence-corrected chi connectivity index (χ3v) is 4.65. The van der Waals surface area contributed by atoms with E-state index in [1.54, 1.807) is 6.92 Å². The lowest BCUT2D eigenvalue weighted by atomic mass is 10.2. The first-order chi connectivity index (χ1) is 8.18. The van der Waals surface area contributed by atoms with Gasteiger partial charge in [-0.15, -0.1) is 0 Å². The van der Waals surface area contributed by atoms with Crippen molar-refractivity contribution in [1.82, 2.24) is 4.31 Å². The van der Waals surface area contributed by atoms with Gasteiger partial charge in [0, 0.05) is 13.6 Å². The number of carbonyl (C=O) groups excluding carboxylic acids is 2. The number of carbonyl (C=O) groups is 2. The summed E-state index contributed by atoms with van der Waals surface area (Å²) in [4.78, 5) is 22.4. The van der Waals surface area contributed by atoms with Crippen LogP contribution in [0.3, 0.4) is 0 Å². The summed E-state index contributed by atoms with van der Waals surface area (Å²) in [7, 11) is -0.193. The number of nitrogens with zero attached hydrogens (tertiary/aromatic N) is 1.